The van der Waals surface area contributed by atoms with Crippen LogP contribution in [0.2, 0.25) is 0 Å². The molecule has 1 saturated heterocycles. The van der Waals surface area contributed by atoms with E-state index in [2.05, 4.69) is 10.6 Å². The first-order valence-electron chi connectivity index (χ1n) is 9.70. The Balaban J connectivity index is 2.04. The largest absolute Gasteiger partial charge is 0.481 e. The number of aliphatic carboxylic acids is 1. The second-order valence-electron chi connectivity index (χ2n) is 7.31. The second-order valence-corrected chi connectivity index (χ2v) is 7.31. The van der Waals surface area contributed by atoms with Gasteiger partial charge in [0.1, 0.15) is 18.4 Å². The molecule has 9 nitrogen and oxygen atoms in total. The van der Waals surface area contributed by atoms with E-state index in [-0.39, 0.29) is 24.8 Å². The van der Waals surface area contributed by atoms with Crippen LogP contribution in [-0.2, 0) is 25.4 Å². The fourth-order valence-corrected chi connectivity index (χ4v) is 3.33. The molecule has 1 aliphatic rings. The Labute approximate surface area is 180 Å². The number of nitrogens with one attached hydrogen (secondary N) is 2. The summed E-state index contributed by atoms with van der Waals surface area (Å²) in [5.41, 5.74) is -1.29. The number of carboxylic acid groups (broad SMARTS) is 1. The number of aldehydes is 1. The Bertz CT molecular complexity index is 905. The van der Waals surface area contributed by atoms with Crippen LogP contribution in [0.15, 0.2) is 24.3 Å². The molecule has 2 rings (SSSR count). The van der Waals surface area contributed by atoms with Crippen LogP contribution in [0.5, 0.6) is 0 Å². The number of carbonyl (C=O) groups is 5. The first kappa shape index (κ1) is 24.8. The minimum absolute atomic E-state index is 0.186. The first-order chi connectivity index (χ1) is 14.9. The normalized spacial score (nSPS) is 17.9. The standard InChI is InChI=1S/C20H22F3N3O6/c1-11(24-17(30)12-4-2-5-13(8-12)20(21,22)23)19(32)26-7-3-6-15(26)18(31)25-14(10-27)9-16(28)29/h2,4-5,8,10-11,14-15H,3,6-7,9H2,1H3,(H,24,30)(H,25,31)(H,28,29)/t11-,14-,15-/m0/s1. The second kappa shape index (κ2) is 10.2. The number of carbonyl (C=O) groups excluding carboxylic acids is 4. The number of carboxylic acids is 1. The summed E-state index contributed by atoms with van der Waals surface area (Å²) in [4.78, 5) is 60.5. The quantitative estimate of drug-likeness (QED) is 0.499. The van der Waals surface area contributed by atoms with Crippen molar-refractivity contribution in [3.05, 3.63) is 35.4 Å². The highest BCUT2D eigenvalue weighted by molar-refractivity contribution is 5.98. The summed E-state index contributed by atoms with van der Waals surface area (Å²) < 4.78 is 38.5. The van der Waals surface area contributed by atoms with Crippen molar-refractivity contribution in [2.75, 3.05) is 6.54 Å². The van der Waals surface area contributed by atoms with Crippen LogP contribution in [0.25, 0.3) is 0 Å². The molecule has 3 amide bonds. The van der Waals surface area contributed by atoms with Crippen molar-refractivity contribution in [2.24, 2.45) is 0 Å². The third-order valence-corrected chi connectivity index (χ3v) is 4.90. The summed E-state index contributed by atoms with van der Waals surface area (Å²) in [7, 11) is 0. The van der Waals surface area contributed by atoms with E-state index in [1.165, 1.54) is 17.9 Å². The van der Waals surface area contributed by atoms with Gasteiger partial charge in [0, 0.05) is 12.1 Å². The van der Waals surface area contributed by atoms with E-state index in [4.69, 9.17) is 5.11 Å². The summed E-state index contributed by atoms with van der Waals surface area (Å²) in [6.45, 7) is 1.52. The molecule has 1 aromatic carbocycles. The fourth-order valence-electron chi connectivity index (χ4n) is 3.33. The number of rotatable bonds is 8. The highest BCUT2D eigenvalue weighted by Gasteiger charge is 2.37. The molecule has 174 valence electrons. The Kier molecular flexibility index (Phi) is 7.95. The third kappa shape index (κ3) is 6.28. The van der Waals surface area contributed by atoms with E-state index in [1.54, 1.807) is 0 Å². The number of hydrogen-bond acceptors (Lipinski definition) is 5. The maximum atomic E-state index is 12.8. The van der Waals surface area contributed by atoms with E-state index in [0.717, 1.165) is 12.1 Å². The Hall–Kier alpha value is -3.44. The van der Waals surface area contributed by atoms with Gasteiger partial charge in [0.25, 0.3) is 5.91 Å². The molecule has 1 fully saturated rings. The highest BCUT2D eigenvalue weighted by atomic mass is 19.4. The fraction of sp³-hybridized carbons (Fsp3) is 0.450. The van der Waals surface area contributed by atoms with Gasteiger partial charge in [0.15, 0.2) is 0 Å². The SMILES string of the molecule is C[C@H](NC(=O)c1cccc(C(F)(F)F)c1)C(=O)N1CCC[C@H]1C(=O)N[C@H](C=O)CC(=O)O. The Morgan fingerprint density at radius 2 is 1.94 bits per heavy atom. The lowest BCUT2D eigenvalue weighted by molar-refractivity contribution is -0.141. The van der Waals surface area contributed by atoms with Crippen LogP contribution >= 0.6 is 0 Å². The molecule has 0 aliphatic carbocycles. The van der Waals surface area contributed by atoms with Gasteiger partial charge >= 0.3 is 12.1 Å². The lowest BCUT2D eigenvalue weighted by Crippen LogP contribution is -2.54. The summed E-state index contributed by atoms with van der Waals surface area (Å²) >= 11 is 0. The summed E-state index contributed by atoms with van der Waals surface area (Å²) in [6.07, 6.45) is -4.23. The van der Waals surface area contributed by atoms with E-state index in [0.29, 0.717) is 12.5 Å². The number of alkyl halides is 3. The predicted octanol–water partition coefficient (Wildman–Crippen LogP) is 0.973. The van der Waals surface area contributed by atoms with Crippen molar-refractivity contribution in [1.29, 1.82) is 0 Å². The average molecular weight is 457 g/mol. The van der Waals surface area contributed by atoms with E-state index in [9.17, 15) is 37.1 Å². The minimum Gasteiger partial charge on any atom is -0.481 e. The highest BCUT2D eigenvalue weighted by Crippen LogP contribution is 2.29. The van der Waals surface area contributed by atoms with Crippen LogP contribution in [0.3, 0.4) is 0 Å². The molecule has 1 aromatic rings. The zero-order valence-corrected chi connectivity index (χ0v) is 17.0. The van der Waals surface area contributed by atoms with Gasteiger partial charge in [-0.2, -0.15) is 13.2 Å². The molecule has 1 aliphatic heterocycles. The van der Waals surface area contributed by atoms with Crippen LogP contribution in [0, 0.1) is 0 Å². The maximum absolute atomic E-state index is 12.8. The number of hydrogen-bond donors (Lipinski definition) is 3. The van der Waals surface area contributed by atoms with Gasteiger partial charge in [0.2, 0.25) is 11.8 Å². The molecule has 32 heavy (non-hydrogen) atoms. The van der Waals surface area contributed by atoms with Crippen LogP contribution in [0.1, 0.15) is 42.1 Å². The van der Waals surface area contributed by atoms with Gasteiger partial charge in [0.05, 0.1) is 18.0 Å². The van der Waals surface area contributed by atoms with E-state index >= 15 is 0 Å². The lowest BCUT2D eigenvalue weighted by Gasteiger charge is -2.27. The van der Waals surface area contributed by atoms with Crippen molar-refractivity contribution in [3.8, 4) is 0 Å². The molecule has 0 radical (unpaired) electrons. The monoisotopic (exact) mass is 457 g/mol. The average Bonchev–Trinajstić information content (AvgIpc) is 3.21. The number of halogens is 3. The molecule has 12 heteroatoms. The first-order valence-corrected chi connectivity index (χ1v) is 9.70. The molecule has 0 spiro atoms. The molecule has 1 heterocycles. The number of likely N-dealkylation sites (tertiary alicyclic amines) is 1. The van der Waals surface area contributed by atoms with Gasteiger partial charge in [-0.05, 0) is 38.0 Å². The minimum atomic E-state index is -4.63. The van der Waals surface area contributed by atoms with Gasteiger partial charge in [-0.3, -0.25) is 19.2 Å². The van der Waals surface area contributed by atoms with E-state index < -0.39 is 60.0 Å². The van der Waals surface area contributed by atoms with Crippen LogP contribution < -0.4 is 10.6 Å². The molecule has 0 bridgehead atoms. The number of benzene rings is 1. The molecule has 0 unspecified atom stereocenters. The number of amides is 3. The van der Waals surface area contributed by atoms with Crippen molar-refractivity contribution >= 4 is 30.0 Å². The zero-order valence-electron chi connectivity index (χ0n) is 17.0. The summed E-state index contributed by atoms with van der Waals surface area (Å²) in [6, 6.07) is 0.367. The third-order valence-electron chi connectivity index (χ3n) is 4.90. The molecule has 3 atom stereocenters. The van der Waals surface area contributed by atoms with Gasteiger partial charge in [-0.15, -0.1) is 0 Å². The van der Waals surface area contributed by atoms with Crippen LogP contribution in [-0.4, -0.2) is 64.7 Å². The van der Waals surface area contributed by atoms with Crippen LogP contribution in [0.4, 0.5) is 13.2 Å². The molecular weight excluding hydrogens is 435 g/mol. The summed E-state index contributed by atoms with van der Waals surface area (Å²) in [5, 5.41) is 13.4. The number of nitrogens with zero attached hydrogens (tertiary/aromatic N) is 1. The Morgan fingerprint density at radius 1 is 1.25 bits per heavy atom. The van der Waals surface area contributed by atoms with Gasteiger partial charge in [-0.25, -0.2) is 0 Å². The topological polar surface area (TPSA) is 133 Å². The van der Waals surface area contributed by atoms with Crippen molar-refractivity contribution < 1.29 is 42.3 Å². The molecule has 3 N–H and O–H groups in total. The smallest absolute Gasteiger partial charge is 0.416 e. The van der Waals surface area contributed by atoms with Gasteiger partial charge < -0.3 is 25.4 Å². The van der Waals surface area contributed by atoms with E-state index in [1.807, 2.05) is 0 Å². The van der Waals surface area contributed by atoms with Crippen molar-refractivity contribution in [1.82, 2.24) is 15.5 Å². The molecular formula is C20H22F3N3O6. The summed E-state index contributed by atoms with van der Waals surface area (Å²) in [5.74, 6) is -3.51. The van der Waals surface area contributed by atoms with Gasteiger partial charge in [-0.1, -0.05) is 6.07 Å². The maximum Gasteiger partial charge on any atom is 0.416 e. The van der Waals surface area contributed by atoms with Crippen molar-refractivity contribution in [2.45, 2.75) is 50.5 Å². The van der Waals surface area contributed by atoms with Crippen molar-refractivity contribution in [3.63, 3.8) is 0 Å². The zero-order chi connectivity index (χ0) is 24.1. The predicted molar refractivity (Wildman–Crippen MR) is 103 cm³/mol. The molecule has 0 saturated carbocycles. The Morgan fingerprint density at radius 3 is 2.53 bits per heavy atom. The lowest BCUT2D eigenvalue weighted by atomic mass is 10.1. The molecule has 0 aromatic heterocycles.